The molecule has 0 aliphatic rings. The van der Waals surface area contributed by atoms with Crippen molar-refractivity contribution in [1.29, 1.82) is 0 Å². The van der Waals surface area contributed by atoms with Crippen molar-refractivity contribution >= 4 is 58.3 Å². The number of amides is 2. The molecule has 1 aromatic carbocycles. The molecule has 1 atom stereocenters. The van der Waals surface area contributed by atoms with Gasteiger partial charge >= 0.3 is 5.97 Å². The highest BCUT2D eigenvalue weighted by atomic mass is 35.5. The lowest BCUT2D eigenvalue weighted by molar-refractivity contribution is -0.144. The maximum Gasteiger partial charge on any atom is 0.329 e. The van der Waals surface area contributed by atoms with Gasteiger partial charge in [0.05, 0.1) is 22.0 Å². The Morgan fingerprint density at radius 3 is 2.58 bits per heavy atom. The molecule has 2 aromatic rings. The van der Waals surface area contributed by atoms with E-state index in [2.05, 4.69) is 10.6 Å². The van der Waals surface area contributed by atoms with E-state index >= 15 is 0 Å². The van der Waals surface area contributed by atoms with Gasteiger partial charge in [0, 0.05) is 11.8 Å². The average molecular weight is 483 g/mol. The number of carbonyl (C=O) groups is 4. The predicted molar refractivity (Wildman–Crippen MR) is 123 cm³/mol. The first-order valence-corrected chi connectivity index (χ1v) is 12.0. The van der Waals surface area contributed by atoms with Crippen molar-refractivity contribution in [3.05, 3.63) is 56.7 Å². The first kappa shape index (κ1) is 24.9. The second-order valence-corrected chi connectivity index (χ2v) is 9.06. The second kappa shape index (κ2) is 12.5. The number of thiophene rings is 1. The van der Waals surface area contributed by atoms with Gasteiger partial charge in [0.2, 0.25) is 11.7 Å². The van der Waals surface area contributed by atoms with Gasteiger partial charge in [-0.25, -0.2) is 4.79 Å². The molecule has 0 unspecified atom stereocenters. The highest BCUT2D eigenvalue weighted by Crippen LogP contribution is 2.18. The number of ketones is 1. The van der Waals surface area contributed by atoms with Crippen LogP contribution in [0.2, 0.25) is 5.02 Å². The van der Waals surface area contributed by atoms with Crippen molar-refractivity contribution in [2.45, 2.75) is 25.9 Å². The van der Waals surface area contributed by atoms with Gasteiger partial charge in [-0.3, -0.25) is 14.4 Å². The monoisotopic (exact) mass is 482 g/mol. The maximum absolute atomic E-state index is 12.5. The Hall–Kier alpha value is -2.36. The summed E-state index contributed by atoms with van der Waals surface area (Å²) in [4.78, 5) is 49.6. The number of ether oxygens (including phenoxy) is 1. The molecule has 2 amide bonds. The van der Waals surface area contributed by atoms with Crippen molar-refractivity contribution in [2.75, 3.05) is 18.6 Å². The van der Waals surface area contributed by atoms with Gasteiger partial charge in [-0.15, -0.1) is 11.3 Å². The summed E-state index contributed by atoms with van der Waals surface area (Å²) >= 11 is 8.80. The minimum atomic E-state index is -0.900. The molecular weight excluding hydrogens is 460 g/mol. The number of halogens is 1. The molecule has 7 nitrogen and oxygen atoms in total. The number of carbonyl (C=O) groups excluding carboxylic acids is 4. The lowest BCUT2D eigenvalue weighted by atomic mass is 10.1. The number of Topliss-reactive ketones (excluding diaryl/α,β-unsaturated/α-hetero) is 1. The van der Waals surface area contributed by atoms with Crippen molar-refractivity contribution in [2.24, 2.45) is 0 Å². The molecule has 0 aliphatic carbocycles. The van der Waals surface area contributed by atoms with Gasteiger partial charge in [-0.1, -0.05) is 23.7 Å². The number of thioether (sulfide) groups is 1. The molecule has 0 bridgehead atoms. The molecule has 2 N–H and O–H groups in total. The summed E-state index contributed by atoms with van der Waals surface area (Å²) in [6, 6.07) is 9.00. The van der Waals surface area contributed by atoms with E-state index in [0.717, 1.165) is 4.88 Å². The van der Waals surface area contributed by atoms with E-state index in [1.54, 1.807) is 36.4 Å². The molecule has 0 spiro atoms. The quantitative estimate of drug-likeness (QED) is 0.376. The van der Waals surface area contributed by atoms with E-state index < -0.39 is 24.5 Å². The van der Waals surface area contributed by atoms with E-state index in [1.807, 2.05) is 6.26 Å². The second-order valence-electron chi connectivity index (χ2n) is 6.49. The molecule has 0 fully saturated rings. The molecule has 0 aliphatic heterocycles. The zero-order valence-corrected chi connectivity index (χ0v) is 19.5. The fraction of sp³-hybridized carbons (Fsp3) is 0.333. The van der Waals surface area contributed by atoms with Gasteiger partial charge in [0.1, 0.15) is 6.04 Å². The van der Waals surface area contributed by atoms with E-state index in [1.165, 1.54) is 30.0 Å². The van der Waals surface area contributed by atoms with E-state index in [0.29, 0.717) is 23.6 Å². The largest absolute Gasteiger partial charge is 0.456 e. The van der Waals surface area contributed by atoms with E-state index in [-0.39, 0.29) is 22.3 Å². The number of hydrogen-bond acceptors (Lipinski definition) is 7. The summed E-state index contributed by atoms with van der Waals surface area (Å²) in [5, 5.41) is 5.58. The third-order valence-electron chi connectivity index (χ3n) is 4.11. The van der Waals surface area contributed by atoms with E-state index in [9.17, 15) is 19.2 Å². The van der Waals surface area contributed by atoms with Crippen LogP contribution in [0.25, 0.3) is 0 Å². The van der Waals surface area contributed by atoms with Gasteiger partial charge in [0.25, 0.3) is 5.91 Å². The third kappa shape index (κ3) is 8.01. The summed E-state index contributed by atoms with van der Waals surface area (Å²) in [5.74, 6) is -1.06. The molecular formula is C21H23ClN2O5S2. The standard InChI is InChI=1S/C21H23ClN2O5S2/c1-13(25)23-11-14-7-8-19(31-14)18(26)12-29-21(28)17(9-10-30-2)24-20(27)15-5-3-4-6-16(15)22/h3-8,17H,9-12H2,1-2H3,(H,23,25)(H,24,27)/t17-/m0/s1. The number of hydrogen-bond donors (Lipinski definition) is 2. The molecule has 1 aromatic heterocycles. The smallest absolute Gasteiger partial charge is 0.329 e. The lowest BCUT2D eigenvalue weighted by Gasteiger charge is -2.17. The fourth-order valence-corrected chi connectivity index (χ4v) is 4.07. The SMILES string of the molecule is CSCC[C@H](NC(=O)c1ccccc1Cl)C(=O)OCC(=O)c1ccc(CNC(C)=O)s1. The Balaban J connectivity index is 1.95. The number of benzene rings is 1. The lowest BCUT2D eigenvalue weighted by Crippen LogP contribution is -2.42. The van der Waals surface area contributed by atoms with Gasteiger partial charge < -0.3 is 15.4 Å². The summed E-state index contributed by atoms with van der Waals surface area (Å²) < 4.78 is 5.18. The molecule has 0 radical (unpaired) electrons. The Morgan fingerprint density at radius 1 is 1.16 bits per heavy atom. The zero-order chi connectivity index (χ0) is 22.8. The molecule has 2 rings (SSSR count). The molecule has 0 saturated heterocycles. The maximum atomic E-state index is 12.5. The van der Waals surface area contributed by atoms with Crippen LogP contribution in [-0.2, 0) is 20.9 Å². The Morgan fingerprint density at radius 2 is 1.90 bits per heavy atom. The van der Waals surface area contributed by atoms with Crippen LogP contribution < -0.4 is 10.6 Å². The van der Waals surface area contributed by atoms with Crippen molar-refractivity contribution in [3.8, 4) is 0 Å². The van der Waals surface area contributed by atoms with Crippen LogP contribution in [-0.4, -0.2) is 48.2 Å². The minimum Gasteiger partial charge on any atom is -0.456 e. The van der Waals surface area contributed by atoms with Crippen LogP contribution in [0, 0.1) is 0 Å². The van der Waals surface area contributed by atoms with Gasteiger partial charge in [-0.05, 0) is 42.7 Å². The van der Waals surface area contributed by atoms with Gasteiger partial charge in [-0.2, -0.15) is 11.8 Å². The summed E-state index contributed by atoms with van der Waals surface area (Å²) in [6.45, 7) is 1.31. The topological polar surface area (TPSA) is 102 Å². The first-order chi connectivity index (χ1) is 14.8. The molecule has 31 heavy (non-hydrogen) atoms. The van der Waals surface area contributed by atoms with Crippen LogP contribution in [0.1, 0.15) is 38.3 Å². The van der Waals surface area contributed by atoms with Crippen LogP contribution in [0.3, 0.4) is 0 Å². The Bertz CT molecular complexity index is 947. The highest BCUT2D eigenvalue weighted by Gasteiger charge is 2.24. The molecule has 166 valence electrons. The Kier molecular flexibility index (Phi) is 10.0. The number of nitrogens with one attached hydrogen (secondary N) is 2. The van der Waals surface area contributed by atoms with Crippen molar-refractivity contribution < 1.29 is 23.9 Å². The summed E-state index contributed by atoms with van der Waals surface area (Å²) in [6.07, 6.45) is 2.24. The summed E-state index contributed by atoms with van der Waals surface area (Å²) in [7, 11) is 0. The number of rotatable bonds is 11. The van der Waals surface area contributed by atoms with Crippen LogP contribution in [0.4, 0.5) is 0 Å². The fourth-order valence-electron chi connectivity index (χ4n) is 2.51. The highest BCUT2D eigenvalue weighted by molar-refractivity contribution is 7.98. The van der Waals surface area contributed by atoms with Crippen LogP contribution >= 0.6 is 34.7 Å². The Labute approximate surface area is 193 Å². The zero-order valence-electron chi connectivity index (χ0n) is 17.1. The van der Waals surface area contributed by atoms with Gasteiger partial charge in [0.15, 0.2) is 6.61 Å². The van der Waals surface area contributed by atoms with Crippen molar-refractivity contribution in [3.63, 3.8) is 0 Å². The van der Waals surface area contributed by atoms with Crippen LogP contribution in [0.15, 0.2) is 36.4 Å². The molecule has 1 heterocycles. The van der Waals surface area contributed by atoms with E-state index in [4.69, 9.17) is 16.3 Å². The normalized spacial score (nSPS) is 11.5. The van der Waals surface area contributed by atoms with Crippen molar-refractivity contribution in [1.82, 2.24) is 10.6 Å². The predicted octanol–water partition coefficient (Wildman–Crippen LogP) is 3.32. The average Bonchev–Trinajstić information content (AvgIpc) is 3.22. The molecule has 0 saturated carbocycles. The first-order valence-electron chi connectivity index (χ1n) is 9.39. The molecule has 10 heteroatoms. The minimum absolute atomic E-state index is 0.162. The van der Waals surface area contributed by atoms with Crippen LogP contribution in [0.5, 0.6) is 0 Å². The number of esters is 1. The summed E-state index contributed by atoms with van der Waals surface area (Å²) in [5.41, 5.74) is 0.257. The third-order valence-corrected chi connectivity index (χ3v) is 6.21.